The Hall–Kier alpha value is -2.31. The summed E-state index contributed by atoms with van der Waals surface area (Å²) in [6, 6.07) is 5.06. The van der Waals surface area contributed by atoms with Crippen LogP contribution in [0.25, 0.3) is 0 Å². The summed E-state index contributed by atoms with van der Waals surface area (Å²) in [6.45, 7) is 0. The van der Waals surface area contributed by atoms with E-state index in [9.17, 15) is 14.9 Å². The van der Waals surface area contributed by atoms with Crippen LogP contribution in [0.2, 0.25) is 0 Å². The van der Waals surface area contributed by atoms with Gasteiger partial charge in [-0.05, 0) is 37.8 Å². The van der Waals surface area contributed by atoms with Crippen LogP contribution in [0.4, 0.5) is 11.4 Å². The fourth-order valence-electron chi connectivity index (χ4n) is 2.85. The Morgan fingerprint density at radius 2 is 1.95 bits per heavy atom. The third kappa shape index (κ3) is 3.47. The molecular formula is C15H20N2O5. The largest absolute Gasteiger partial charge is 0.490 e. The summed E-state index contributed by atoms with van der Waals surface area (Å²) in [5, 5.41) is 14.5. The lowest BCUT2D eigenvalue weighted by Crippen LogP contribution is -2.30. The average Bonchev–Trinajstić information content (AvgIpc) is 2.54. The molecule has 0 bridgehead atoms. The maximum absolute atomic E-state index is 11.5. The fraction of sp³-hybridized carbons (Fsp3) is 0.533. The topological polar surface area (TPSA) is 90.7 Å². The van der Waals surface area contributed by atoms with Gasteiger partial charge < -0.3 is 14.8 Å². The normalized spacial score (nSPS) is 21.0. The molecule has 0 heterocycles. The number of para-hydroxylation sites is 1. The zero-order valence-corrected chi connectivity index (χ0v) is 12.7. The van der Waals surface area contributed by atoms with Crippen LogP contribution in [0, 0.1) is 16.0 Å². The zero-order chi connectivity index (χ0) is 16.1. The number of nitrogens with one attached hydrogen (secondary N) is 1. The van der Waals surface area contributed by atoms with Gasteiger partial charge in [0.2, 0.25) is 0 Å². The number of esters is 1. The molecule has 0 atom stereocenters. The SMILES string of the molecule is COC(=O)C1CCC(Nc2cccc(OC)c2[N+](=O)[O-])CC1. The Kier molecular flexibility index (Phi) is 5.19. The van der Waals surface area contributed by atoms with Crippen molar-refractivity contribution in [3.05, 3.63) is 28.3 Å². The summed E-state index contributed by atoms with van der Waals surface area (Å²) in [5.41, 5.74) is 0.394. The van der Waals surface area contributed by atoms with E-state index in [1.54, 1.807) is 18.2 Å². The van der Waals surface area contributed by atoms with Crippen molar-refractivity contribution in [2.75, 3.05) is 19.5 Å². The second-order valence-electron chi connectivity index (χ2n) is 5.33. The van der Waals surface area contributed by atoms with E-state index >= 15 is 0 Å². The number of ether oxygens (including phenoxy) is 2. The maximum atomic E-state index is 11.5. The number of anilines is 1. The van der Waals surface area contributed by atoms with Crippen molar-refractivity contribution in [1.29, 1.82) is 0 Å². The lowest BCUT2D eigenvalue weighted by Gasteiger charge is -2.28. The first kappa shape index (κ1) is 16.1. The molecule has 0 amide bonds. The Morgan fingerprint density at radius 1 is 1.27 bits per heavy atom. The van der Waals surface area contributed by atoms with E-state index in [2.05, 4.69) is 5.32 Å². The number of nitro benzene ring substituents is 1. The number of benzene rings is 1. The lowest BCUT2D eigenvalue weighted by atomic mass is 9.86. The number of nitrogens with zero attached hydrogens (tertiary/aromatic N) is 1. The zero-order valence-electron chi connectivity index (χ0n) is 12.7. The third-order valence-corrected chi connectivity index (χ3v) is 4.02. The second kappa shape index (κ2) is 7.11. The lowest BCUT2D eigenvalue weighted by molar-refractivity contribution is -0.384. The van der Waals surface area contributed by atoms with Crippen molar-refractivity contribution in [3.63, 3.8) is 0 Å². The van der Waals surface area contributed by atoms with Crippen LogP contribution in [0.5, 0.6) is 5.75 Å². The molecule has 1 N–H and O–H groups in total. The first-order valence-electron chi connectivity index (χ1n) is 7.22. The third-order valence-electron chi connectivity index (χ3n) is 4.02. The molecule has 0 saturated heterocycles. The number of methoxy groups -OCH3 is 2. The van der Waals surface area contributed by atoms with Crippen LogP contribution in [0.1, 0.15) is 25.7 Å². The number of hydrogen-bond acceptors (Lipinski definition) is 6. The van der Waals surface area contributed by atoms with Crippen LogP contribution < -0.4 is 10.1 Å². The summed E-state index contributed by atoms with van der Waals surface area (Å²) in [4.78, 5) is 22.3. The minimum atomic E-state index is -0.443. The summed E-state index contributed by atoms with van der Waals surface area (Å²) in [5.74, 6) is -0.00703. The highest BCUT2D eigenvalue weighted by atomic mass is 16.6. The molecule has 0 aliphatic heterocycles. The van der Waals surface area contributed by atoms with Crippen LogP contribution in [0.3, 0.4) is 0 Å². The van der Waals surface area contributed by atoms with E-state index in [-0.39, 0.29) is 29.4 Å². The molecule has 1 aliphatic carbocycles. The van der Waals surface area contributed by atoms with Crippen molar-refractivity contribution in [3.8, 4) is 5.75 Å². The number of carbonyl (C=O) groups is 1. The molecule has 1 aromatic carbocycles. The van der Waals surface area contributed by atoms with E-state index in [1.807, 2.05) is 0 Å². The van der Waals surface area contributed by atoms with Gasteiger partial charge in [0.1, 0.15) is 5.69 Å². The highest BCUT2D eigenvalue weighted by molar-refractivity contribution is 5.72. The first-order chi connectivity index (χ1) is 10.6. The average molecular weight is 308 g/mol. The molecule has 0 aromatic heterocycles. The predicted molar refractivity (Wildman–Crippen MR) is 81.0 cm³/mol. The van der Waals surface area contributed by atoms with Gasteiger partial charge in [-0.25, -0.2) is 0 Å². The monoisotopic (exact) mass is 308 g/mol. The highest BCUT2D eigenvalue weighted by Crippen LogP contribution is 2.36. The second-order valence-corrected chi connectivity index (χ2v) is 5.33. The van der Waals surface area contributed by atoms with Crippen LogP contribution in [-0.2, 0) is 9.53 Å². The molecule has 0 spiro atoms. The number of carbonyl (C=O) groups excluding carboxylic acids is 1. The number of hydrogen-bond donors (Lipinski definition) is 1. The number of rotatable bonds is 5. The first-order valence-corrected chi connectivity index (χ1v) is 7.22. The molecule has 0 radical (unpaired) electrons. The van der Waals surface area contributed by atoms with E-state index < -0.39 is 4.92 Å². The Labute approximate surface area is 128 Å². The van der Waals surface area contributed by atoms with Crippen LogP contribution in [-0.4, -0.2) is 31.2 Å². The molecule has 1 fully saturated rings. The Morgan fingerprint density at radius 3 is 2.50 bits per heavy atom. The van der Waals surface area contributed by atoms with Gasteiger partial charge in [-0.1, -0.05) is 6.07 Å². The van der Waals surface area contributed by atoms with Gasteiger partial charge in [0.05, 0.1) is 25.1 Å². The van der Waals surface area contributed by atoms with Crippen LogP contribution in [0.15, 0.2) is 18.2 Å². The molecule has 0 unspecified atom stereocenters. The van der Waals surface area contributed by atoms with E-state index in [4.69, 9.17) is 9.47 Å². The summed E-state index contributed by atoms with van der Waals surface area (Å²) >= 11 is 0. The quantitative estimate of drug-likeness (QED) is 0.511. The molecule has 22 heavy (non-hydrogen) atoms. The summed E-state index contributed by atoms with van der Waals surface area (Å²) in [6.07, 6.45) is 2.99. The molecule has 1 aliphatic rings. The molecular weight excluding hydrogens is 288 g/mol. The predicted octanol–water partition coefficient (Wildman–Crippen LogP) is 2.75. The van der Waals surface area contributed by atoms with E-state index in [0.717, 1.165) is 25.7 Å². The maximum Gasteiger partial charge on any atom is 0.333 e. The molecule has 2 rings (SSSR count). The van der Waals surface area contributed by atoms with Gasteiger partial charge in [-0.3, -0.25) is 14.9 Å². The summed E-state index contributed by atoms with van der Waals surface area (Å²) < 4.78 is 9.82. The molecule has 7 heteroatoms. The minimum absolute atomic E-state index is 0.0555. The van der Waals surface area contributed by atoms with Gasteiger partial charge in [0, 0.05) is 6.04 Å². The fourth-order valence-corrected chi connectivity index (χ4v) is 2.85. The number of nitro groups is 1. The van der Waals surface area contributed by atoms with Crippen LogP contribution >= 0.6 is 0 Å². The van der Waals surface area contributed by atoms with Crippen molar-refractivity contribution in [2.24, 2.45) is 5.92 Å². The standard InChI is InChI=1S/C15H20N2O5/c1-21-13-5-3-4-12(14(13)17(19)20)16-11-8-6-10(7-9-11)15(18)22-2/h3-5,10-11,16H,6-9H2,1-2H3. The van der Waals surface area contributed by atoms with Crippen molar-refractivity contribution in [2.45, 2.75) is 31.7 Å². The molecule has 7 nitrogen and oxygen atoms in total. The van der Waals surface area contributed by atoms with E-state index in [1.165, 1.54) is 14.2 Å². The molecule has 1 aromatic rings. The summed E-state index contributed by atoms with van der Waals surface area (Å²) in [7, 11) is 2.81. The Bertz CT molecular complexity index is 553. The van der Waals surface area contributed by atoms with Gasteiger partial charge in [0.15, 0.2) is 5.75 Å². The molecule has 120 valence electrons. The Balaban J connectivity index is 2.06. The van der Waals surface area contributed by atoms with Gasteiger partial charge >= 0.3 is 11.7 Å². The van der Waals surface area contributed by atoms with Gasteiger partial charge in [-0.15, -0.1) is 0 Å². The minimum Gasteiger partial charge on any atom is -0.490 e. The molecule has 1 saturated carbocycles. The highest BCUT2D eigenvalue weighted by Gasteiger charge is 2.29. The smallest absolute Gasteiger partial charge is 0.333 e. The van der Waals surface area contributed by atoms with Crippen molar-refractivity contribution < 1.29 is 19.2 Å². The van der Waals surface area contributed by atoms with Crippen molar-refractivity contribution >= 4 is 17.3 Å². The van der Waals surface area contributed by atoms with E-state index in [0.29, 0.717) is 5.69 Å². The van der Waals surface area contributed by atoms with Gasteiger partial charge in [-0.2, -0.15) is 0 Å². The van der Waals surface area contributed by atoms with Crippen molar-refractivity contribution in [1.82, 2.24) is 0 Å². The van der Waals surface area contributed by atoms with Gasteiger partial charge in [0.25, 0.3) is 0 Å².